The molecule has 0 nitrogen and oxygen atoms in total. The van der Waals surface area contributed by atoms with E-state index in [1.54, 1.807) is 11.1 Å². The van der Waals surface area contributed by atoms with Crippen molar-refractivity contribution in [2.75, 3.05) is 0 Å². The summed E-state index contributed by atoms with van der Waals surface area (Å²) in [6.45, 7) is 7.04. The third kappa shape index (κ3) is 3.75. The van der Waals surface area contributed by atoms with Gasteiger partial charge in [0, 0.05) is 5.41 Å². The maximum Gasteiger partial charge on any atom is 0.0215 e. The quantitative estimate of drug-likeness (QED) is 0.380. The number of hydrogen-bond acceptors (Lipinski definition) is 0. The third-order valence-electron chi connectivity index (χ3n) is 6.63. The van der Waals surface area contributed by atoms with Crippen molar-refractivity contribution in [3.8, 4) is 11.1 Å². The number of fused-ring (bicyclic) bond motifs is 3. The van der Waals surface area contributed by atoms with Gasteiger partial charge in [0.1, 0.15) is 0 Å². The van der Waals surface area contributed by atoms with Gasteiger partial charge in [0.15, 0.2) is 0 Å². The van der Waals surface area contributed by atoms with Crippen LogP contribution in [0.15, 0.2) is 48.5 Å². The molecule has 1 aliphatic rings. The zero-order valence-electron chi connectivity index (χ0n) is 17.1. The molecule has 1 unspecified atom stereocenters. The second kappa shape index (κ2) is 8.89. The molecule has 0 N–H and O–H groups in total. The summed E-state index contributed by atoms with van der Waals surface area (Å²) in [5, 5.41) is 0. The normalized spacial score (nSPS) is 15.5. The summed E-state index contributed by atoms with van der Waals surface area (Å²) < 4.78 is 0. The van der Waals surface area contributed by atoms with E-state index in [1.165, 1.54) is 68.9 Å². The Kier molecular flexibility index (Phi) is 6.57. The van der Waals surface area contributed by atoms with Crippen LogP contribution in [0.1, 0.15) is 89.7 Å². The van der Waals surface area contributed by atoms with E-state index >= 15 is 0 Å². The lowest BCUT2D eigenvalue weighted by Gasteiger charge is -2.33. The van der Waals surface area contributed by atoms with Crippen LogP contribution in [0.5, 0.6) is 0 Å². The lowest BCUT2D eigenvalue weighted by Crippen LogP contribution is -2.25. The second-order valence-corrected chi connectivity index (χ2v) is 8.39. The van der Waals surface area contributed by atoms with E-state index in [1.807, 2.05) is 0 Å². The number of rotatable bonds is 10. The molecule has 0 bridgehead atoms. The molecule has 0 heterocycles. The van der Waals surface area contributed by atoms with Gasteiger partial charge in [-0.3, -0.25) is 0 Å². The first-order chi connectivity index (χ1) is 12.7. The van der Waals surface area contributed by atoms with Gasteiger partial charge in [0.2, 0.25) is 0 Å². The molecule has 0 heteroatoms. The van der Waals surface area contributed by atoms with E-state index in [0.717, 1.165) is 5.92 Å². The fraction of sp³-hybridized carbons (Fsp3) is 0.538. The van der Waals surface area contributed by atoms with Crippen molar-refractivity contribution in [1.29, 1.82) is 0 Å². The average Bonchev–Trinajstić information content (AvgIpc) is 2.96. The Morgan fingerprint density at radius 3 is 1.88 bits per heavy atom. The highest BCUT2D eigenvalue weighted by Gasteiger charge is 2.41. The Bertz CT molecular complexity index is 651. The van der Waals surface area contributed by atoms with Crippen molar-refractivity contribution < 1.29 is 0 Å². The Morgan fingerprint density at radius 2 is 1.31 bits per heavy atom. The molecule has 0 aromatic heterocycles. The van der Waals surface area contributed by atoms with Gasteiger partial charge in [0.05, 0.1) is 0 Å². The summed E-state index contributed by atoms with van der Waals surface area (Å²) in [5.74, 6) is 0.846. The molecule has 140 valence electrons. The first kappa shape index (κ1) is 19.2. The first-order valence-electron chi connectivity index (χ1n) is 10.9. The van der Waals surface area contributed by atoms with Gasteiger partial charge in [-0.2, -0.15) is 0 Å². The van der Waals surface area contributed by atoms with Crippen LogP contribution in [0.2, 0.25) is 0 Å². The molecule has 0 radical (unpaired) electrons. The van der Waals surface area contributed by atoms with Crippen molar-refractivity contribution in [2.45, 2.75) is 84.0 Å². The van der Waals surface area contributed by atoms with Crippen molar-refractivity contribution in [1.82, 2.24) is 0 Å². The third-order valence-corrected chi connectivity index (χ3v) is 6.63. The summed E-state index contributed by atoms with van der Waals surface area (Å²) in [7, 11) is 0. The van der Waals surface area contributed by atoms with E-state index in [4.69, 9.17) is 0 Å². The minimum Gasteiger partial charge on any atom is -0.0654 e. The lowest BCUT2D eigenvalue weighted by atomic mass is 9.70. The molecule has 26 heavy (non-hydrogen) atoms. The van der Waals surface area contributed by atoms with E-state index in [2.05, 4.69) is 69.3 Å². The van der Waals surface area contributed by atoms with E-state index in [0.29, 0.717) is 0 Å². The first-order valence-corrected chi connectivity index (χ1v) is 10.9. The number of benzene rings is 2. The molecule has 0 saturated heterocycles. The molecular formula is C26H36. The summed E-state index contributed by atoms with van der Waals surface area (Å²) in [6, 6.07) is 18.4. The van der Waals surface area contributed by atoms with E-state index in [-0.39, 0.29) is 5.41 Å². The van der Waals surface area contributed by atoms with Crippen LogP contribution in [-0.2, 0) is 5.41 Å². The fourth-order valence-corrected chi connectivity index (χ4v) is 4.89. The molecule has 0 saturated carbocycles. The maximum atomic E-state index is 2.42. The smallest absolute Gasteiger partial charge is 0.0215 e. The molecule has 0 fully saturated rings. The SMILES string of the molecule is CCCCCCC1(CCCC(C)CC)c2ccccc2-c2ccccc21. The summed E-state index contributed by atoms with van der Waals surface area (Å²) in [5.41, 5.74) is 6.42. The zero-order chi connectivity index (χ0) is 18.4. The Labute approximate surface area is 161 Å². The van der Waals surface area contributed by atoms with Crippen LogP contribution in [-0.4, -0.2) is 0 Å². The highest BCUT2D eigenvalue weighted by molar-refractivity contribution is 5.80. The lowest BCUT2D eigenvalue weighted by molar-refractivity contribution is 0.379. The standard InChI is InChI=1S/C26H36/c1-4-6-7-12-19-26(20-13-14-21(3)5-2)24-17-10-8-15-22(24)23-16-9-11-18-25(23)26/h8-11,15-18,21H,4-7,12-14,19-20H2,1-3H3. The van der Waals surface area contributed by atoms with E-state index < -0.39 is 0 Å². The summed E-state index contributed by atoms with van der Waals surface area (Å²) in [6.07, 6.45) is 12.0. The van der Waals surface area contributed by atoms with Crippen LogP contribution in [0.3, 0.4) is 0 Å². The van der Waals surface area contributed by atoms with Gasteiger partial charge in [-0.15, -0.1) is 0 Å². The molecule has 1 atom stereocenters. The Morgan fingerprint density at radius 1 is 0.731 bits per heavy atom. The second-order valence-electron chi connectivity index (χ2n) is 8.39. The van der Waals surface area contributed by atoms with Crippen LogP contribution in [0.25, 0.3) is 11.1 Å². The monoisotopic (exact) mass is 348 g/mol. The predicted octanol–water partition coefficient (Wildman–Crippen LogP) is 8.14. The highest BCUT2D eigenvalue weighted by Crippen LogP contribution is 2.54. The minimum atomic E-state index is 0.244. The van der Waals surface area contributed by atoms with Crippen molar-refractivity contribution in [3.63, 3.8) is 0 Å². The summed E-state index contributed by atoms with van der Waals surface area (Å²) in [4.78, 5) is 0. The fourth-order valence-electron chi connectivity index (χ4n) is 4.89. The summed E-state index contributed by atoms with van der Waals surface area (Å²) >= 11 is 0. The van der Waals surface area contributed by atoms with Crippen LogP contribution in [0, 0.1) is 5.92 Å². The van der Waals surface area contributed by atoms with Crippen molar-refractivity contribution >= 4 is 0 Å². The average molecular weight is 349 g/mol. The molecule has 2 aromatic carbocycles. The number of unbranched alkanes of at least 4 members (excludes halogenated alkanes) is 3. The molecule has 0 amide bonds. The zero-order valence-corrected chi connectivity index (χ0v) is 17.1. The Hall–Kier alpha value is -1.56. The topological polar surface area (TPSA) is 0 Å². The van der Waals surface area contributed by atoms with Gasteiger partial charge < -0.3 is 0 Å². The van der Waals surface area contributed by atoms with E-state index in [9.17, 15) is 0 Å². The van der Waals surface area contributed by atoms with Crippen molar-refractivity contribution in [3.05, 3.63) is 59.7 Å². The molecular weight excluding hydrogens is 312 g/mol. The Balaban J connectivity index is 1.93. The molecule has 2 aromatic rings. The van der Waals surface area contributed by atoms with Gasteiger partial charge in [0.25, 0.3) is 0 Å². The van der Waals surface area contributed by atoms with Gasteiger partial charge in [-0.25, -0.2) is 0 Å². The van der Waals surface area contributed by atoms with Crippen molar-refractivity contribution in [2.24, 2.45) is 5.92 Å². The van der Waals surface area contributed by atoms with Gasteiger partial charge in [-0.1, -0.05) is 114 Å². The molecule has 1 aliphatic carbocycles. The largest absolute Gasteiger partial charge is 0.0654 e. The van der Waals surface area contributed by atoms with Crippen LogP contribution in [0.4, 0.5) is 0 Å². The minimum absolute atomic E-state index is 0.244. The van der Waals surface area contributed by atoms with Crippen LogP contribution < -0.4 is 0 Å². The number of hydrogen-bond donors (Lipinski definition) is 0. The highest BCUT2D eigenvalue weighted by atomic mass is 14.4. The van der Waals surface area contributed by atoms with Crippen LogP contribution >= 0.6 is 0 Å². The molecule has 0 spiro atoms. The predicted molar refractivity (Wildman–Crippen MR) is 115 cm³/mol. The van der Waals surface area contributed by atoms with Gasteiger partial charge in [-0.05, 0) is 41.0 Å². The van der Waals surface area contributed by atoms with Gasteiger partial charge >= 0.3 is 0 Å². The molecule has 0 aliphatic heterocycles. The maximum absolute atomic E-state index is 2.42. The molecule has 3 rings (SSSR count).